The van der Waals surface area contributed by atoms with Crippen LogP contribution in [0.1, 0.15) is 38.5 Å². The molecule has 0 aromatic rings. The molecule has 0 bridgehead atoms. The van der Waals surface area contributed by atoms with Gasteiger partial charge in [-0.3, -0.25) is 4.90 Å². The number of hydrogen-bond donors (Lipinski definition) is 1. The molecule has 0 aromatic carbocycles. The van der Waals surface area contributed by atoms with E-state index >= 15 is 0 Å². The number of hydrogen-bond acceptors (Lipinski definition) is 4. The van der Waals surface area contributed by atoms with E-state index in [4.69, 9.17) is 9.47 Å². The van der Waals surface area contributed by atoms with Crippen molar-refractivity contribution >= 4 is 0 Å². The van der Waals surface area contributed by atoms with Crippen molar-refractivity contribution in [3.8, 4) is 0 Å². The van der Waals surface area contributed by atoms with E-state index < -0.39 is 0 Å². The van der Waals surface area contributed by atoms with Gasteiger partial charge in [0.15, 0.2) is 0 Å². The summed E-state index contributed by atoms with van der Waals surface area (Å²) in [7, 11) is 1.74. The van der Waals surface area contributed by atoms with E-state index in [9.17, 15) is 0 Å². The van der Waals surface area contributed by atoms with Crippen LogP contribution in [0.4, 0.5) is 0 Å². The summed E-state index contributed by atoms with van der Waals surface area (Å²) >= 11 is 0. The van der Waals surface area contributed by atoms with Crippen LogP contribution in [0.2, 0.25) is 0 Å². The van der Waals surface area contributed by atoms with E-state index in [0.29, 0.717) is 5.54 Å². The molecule has 0 amide bonds. The predicted octanol–water partition coefficient (Wildman–Crippen LogP) is 1.65. The van der Waals surface area contributed by atoms with Gasteiger partial charge in [-0.15, -0.1) is 0 Å². The standard InChI is InChI=1S/C15H30N2O2/c1-18-11-5-12-19-13-10-17-9-8-16-15(14-17)6-3-2-4-7-15/h16H,2-14H2,1H3. The summed E-state index contributed by atoms with van der Waals surface area (Å²) in [5.41, 5.74) is 0.423. The van der Waals surface area contributed by atoms with Gasteiger partial charge in [-0.05, 0) is 19.3 Å². The third kappa shape index (κ3) is 5.03. The third-order valence-electron chi connectivity index (χ3n) is 4.45. The third-order valence-corrected chi connectivity index (χ3v) is 4.45. The summed E-state index contributed by atoms with van der Waals surface area (Å²) in [6.07, 6.45) is 7.94. The summed E-state index contributed by atoms with van der Waals surface area (Å²) in [5, 5.41) is 3.78. The fourth-order valence-electron chi connectivity index (χ4n) is 3.40. The molecule has 1 N–H and O–H groups in total. The highest BCUT2D eigenvalue weighted by Gasteiger charge is 2.35. The van der Waals surface area contributed by atoms with Crippen molar-refractivity contribution in [1.29, 1.82) is 0 Å². The van der Waals surface area contributed by atoms with Gasteiger partial charge in [0.1, 0.15) is 0 Å². The van der Waals surface area contributed by atoms with Crippen LogP contribution in [0.15, 0.2) is 0 Å². The first-order valence-electron chi connectivity index (χ1n) is 7.89. The Bertz CT molecular complexity index is 237. The molecule has 2 fully saturated rings. The summed E-state index contributed by atoms with van der Waals surface area (Å²) in [6.45, 7) is 7.10. The average molecular weight is 270 g/mol. The van der Waals surface area contributed by atoms with Crippen LogP contribution in [0, 0.1) is 0 Å². The van der Waals surface area contributed by atoms with E-state index in [1.54, 1.807) is 7.11 Å². The van der Waals surface area contributed by atoms with E-state index in [1.165, 1.54) is 45.2 Å². The maximum Gasteiger partial charge on any atom is 0.0593 e. The molecular weight excluding hydrogens is 240 g/mol. The molecule has 0 aromatic heterocycles. The molecule has 112 valence electrons. The van der Waals surface area contributed by atoms with Gasteiger partial charge in [-0.25, -0.2) is 0 Å². The molecule has 1 aliphatic carbocycles. The van der Waals surface area contributed by atoms with Gasteiger partial charge in [0, 0.05) is 52.0 Å². The number of nitrogens with one attached hydrogen (secondary N) is 1. The minimum absolute atomic E-state index is 0.423. The Morgan fingerprint density at radius 3 is 2.74 bits per heavy atom. The van der Waals surface area contributed by atoms with Gasteiger partial charge in [0.2, 0.25) is 0 Å². The van der Waals surface area contributed by atoms with E-state index in [0.717, 1.165) is 39.3 Å². The second-order valence-corrected chi connectivity index (χ2v) is 6.00. The van der Waals surface area contributed by atoms with E-state index in [-0.39, 0.29) is 0 Å². The lowest BCUT2D eigenvalue weighted by molar-refractivity contribution is 0.0528. The summed E-state index contributed by atoms with van der Waals surface area (Å²) < 4.78 is 10.7. The predicted molar refractivity (Wildman–Crippen MR) is 77.6 cm³/mol. The molecule has 0 radical (unpaired) electrons. The summed E-state index contributed by atoms with van der Waals surface area (Å²) in [5.74, 6) is 0. The SMILES string of the molecule is COCCCOCCN1CCNC2(CCCCC2)C1. The highest BCUT2D eigenvalue weighted by molar-refractivity contribution is 4.96. The molecule has 4 heteroatoms. The van der Waals surface area contributed by atoms with Crippen molar-refractivity contribution in [3.63, 3.8) is 0 Å². The molecule has 0 unspecified atom stereocenters. The Kier molecular flexibility index (Phi) is 6.57. The van der Waals surface area contributed by atoms with Crippen LogP contribution in [-0.4, -0.2) is 63.5 Å². The fourth-order valence-corrected chi connectivity index (χ4v) is 3.40. The quantitative estimate of drug-likeness (QED) is 0.713. The minimum atomic E-state index is 0.423. The molecule has 19 heavy (non-hydrogen) atoms. The fraction of sp³-hybridized carbons (Fsp3) is 1.00. The van der Waals surface area contributed by atoms with Crippen LogP contribution in [0.3, 0.4) is 0 Å². The van der Waals surface area contributed by atoms with Gasteiger partial charge in [0.05, 0.1) is 6.61 Å². The Balaban J connectivity index is 1.61. The van der Waals surface area contributed by atoms with E-state index in [2.05, 4.69) is 10.2 Å². The zero-order chi connectivity index (χ0) is 13.4. The van der Waals surface area contributed by atoms with E-state index in [1.807, 2.05) is 0 Å². The van der Waals surface area contributed by atoms with Crippen molar-refractivity contribution in [1.82, 2.24) is 10.2 Å². The van der Waals surface area contributed by atoms with Crippen LogP contribution in [0.5, 0.6) is 0 Å². The smallest absolute Gasteiger partial charge is 0.0593 e. The van der Waals surface area contributed by atoms with Crippen molar-refractivity contribution in [3.05, 3.63) is 0 Å². The normalized spacial score (nSPS) is 23.8. The first-order valence-corrected chi connectivity index (χ1v) is 7.89. The molecule has 2 rings (SSSR count). The Morgan fingerprint density at radius 2 is 1.95 bits per heavy atom. The number of nitrogens with zero attached hydrogens (tertiary/aromatic N) is 1. The van der Waals surface area contributed by atoms with Gasteiger partial charge in [0.25, 0.3) is 0 Å². The first-order chi connectivity index (χ1) is 9.35. The van der Waals surface area contributed by atoms with Crippen LogP contribution in [0.25, 0.3) is 0 Å². The topological polar surface area (TPSA) is 33.7 Å². The second kappa shape index (κ2) is 8.20. The summed E-state index contributed by atoms with van der Waals surface area (Å²) in [4.78, 5) is 2.58. The molecule has 1 aliphatic heterocycles. The molecule has 1 saturated carbocycles. The average Bonchev–Trinajstić information content (AvgIpc) is 2.44. The van der Waals surface area contributed by atoms with Crippen molar-refractivity contribution in [2.45, 2.75) is 44.1 Å². The minimum Gasteiger partial charge on any atom is -0.385 e. The Hall–Kier alpha value is -0.160. The van der Waals surface area contributed by atoms with Crippen molar-refractivity contribution < 1.29 is 9.47 Å². The lowest BCUT2D eigenvalue weighted by atomic mass is 9.80. The molecule has 1 saturated heterocycles. The lowest BCUT2D eigenvalue weighted by Gasteiger charge is -2.46. The van der Waals surface area contributed by atoms with Crippen LogP contribution >= 0.6 is 0 Å². The van der Waals surface area contributed by atoms with Gasteiger partial charge in [-0.1, -0.05) is 19.3 Å². The molecule has 0 atom stereocenters. The van der Waals surface area contributed by atoms with Gasteiger partial charge >= 0.3 is 0 Å². The Morgan fingerprint density at radius 1 is 1.11 bits per heavy atom. The molecule has 2 aliphatic rings. The second-order valence-electron chi connectivity index (χ2n) is 6.00. The molecular formula is C15H30N2O2. The maximum absolute atomic E-state index is 5.67. The largest absolute Gasteiger partial charge is 0.385 e. The van der Waals surface area contributed by atoms with Gasteiger partial charge < -0.3 is 14.8 Å². The zero-order valence-electron chi connectivity index (χ0n) is 12.5. The Labute approximate surface area is 117 Å². The van der Waals surface area contributed by atoms with Crippen LogP contribution < -0.4 is 5.32 Å². The first kappa shape index (κ1) is 15.2. The molecule has 4 nitrogen and oxygen atoms in total. The lowest BCUT2D eigenvalue weighted by Crippen LogP contribution is -2.61. The zero-order valence-corrected chi connectivity index (χ0v) is 12.5. The maximum atomic E-state index is 5.67. The highest BCUT2D eigenvalue weighted by Crippen LogP contribution is 2.30. The summed E-state index contributed by atoms with van der Waals surface area (Å²) in [6, 6.07) is 0. The number of methoxy groups -OCH3 is 1. The molecule has 1 spiro atoms. The highest BCUT2D eigenvalue weighted by atomic mass is 16.5. The molecule has 1 heterocycles. The number of rotatable bonds is 7. The van der Waals surface area contributed by atoms with Gasteiger partial charge in [-0.2, -0.15) is 0 Å². The van der Waals surface area contributed by atoms with Crippen molar-refractivity contribution in [2.75, 3.05) is 53.1 Å². The number of ether oxygens (including phenoxy) is 2. The monoisotopic (exact) mass is 270 g/mol. The van der Waals surface area contributed by atoms with Crippen molar-refractivity contribution in [2.24, 2.45) is 0 Å². The number of piperazine rings is 1. The van der Waals surface area contributed by atoms with Crippen LogP contribution in [-0.2, 0) is 9.47 Å².